The Morgan fingerprint density at radius 3 is 2.56 bits per heavy atom. The van der Waals surface area contributed by atoms with E-state index in [0.29, 0.717) is 0 Å². The van der Waals surface area contributed by atoms with Gasteiger partial charge in [-0.05, 0) is 6.07 Å². The zero-order valence-electron chi connectivity index (χ0n) is 8.38. The van der Waals surface area contributed by atoms with Crippen LogP contribution in [0.3, 0.4) is 0 Å². The Morgan fingerprint density at radius 2 is 2.00 bits per heavy atom. The monoisotopic (exact) mass is 230 g/mol. The number of hydrogen-bond donors (Lipinski definition) is 1. The third kappa shape index (κ3) is 1.37. The first kappa shape index (κ1) is 10.9. The van der Waals surface area contributed by atoms with Crippen molar-refractivity contribution in [2.75, 3.05) is 11.9 Å². The predicted molar refractivity (Wildman–Crippen MR) is 51.8 cm³/mol. The van der Waals surface area contributed by atoms with Gasteiger partial charge in [-0.25, -0.2) is 0 Å². The van der Waals surface area contributed by atoms with Crippen LogP contribution in [0.25, 0.3) is 0 Å². The molecule has 2 rings (SSSR count). The van der Waals surface area contributed by atoms with E-state index < -0.39 is 23.7 Å². The number of nitrogens with two attached hydrogens (primary N) is 1. The van der Waals surface area contributed by atoms with Crippen molar-refractivity contribution in [1.82, 2.24) is 0 Å². The second-order valence-electron chi connectivity index (χ2n) is 3.62. The van der Waals surface area contributed by atoms with Gasteiger partial charge in [-0.1, -0.05) is 12.1 Å². The van der Waals surface area contributed by atoms with Crippen molar-refractivity contribution in [1.29, 1.82) is 0 Å². The first-order chi connectivity index (χ1) is 7.34. The molecule has 86 valence electrons. The number of anilines is 1. The van der Waals surface area contributed by atoms with Gasteiger partial charge in [0.25, 0.3) is 0 Å². The maximum absolute atomic E-state index is 12.7. The van der Waals surface area contributed by atoms with Crippen LogP contribution in [0, 0.1) is 0 Å². The van der Waals surface area contributed by atoms with Crippen molar-refractivity contribution in [3.05, 3.63) is 29.3 Å². The number of para-hydroxylation sites is 1. The molecule has 1 aliphatic rings. The number of alkyl halides is 3. The molecule has 1 atom stereocenters. The molecule has 0 bridgehead atoms. The Kier molecular flexibility index (Phi) is 2.20. The van der Waals surface area contributed by atoms with Crippen LogP contribution in [-0.4, -0.2) is 13.0 Å². The number of fused-ring (bicyclic) bond motifs is 1. The molecule has 2 N–H and O–H groups in total. The Hall–Kier alpha value is -1.56. The first-order valence-electron chi connectivity index (χ1n) is 4.57. The summed E-state index contributed by atoms with van der Waals surface area (Å²) in [6.07, 6.45) is -4.48. The lowest BCUT2D eigenvalue weighted by Gasteiger charge is -2.16. The largest absolute Gasteiger partial charge is 0.418 e. The molecule has 1 heterocycles. The van der Waals surface area contributed by atoms with Gasteiger partial charge in [0.2, 0.25) is 5.91 Å². The number of likely N-dealkylation sites (N-methyl/N-ethyl adjacent to an activating group) is 1. The van der Waals surface area contributed by atoms with E-state index in [1.165, 1.54) is 19.2 Å². The van der Waals surface area contributed by atoms with Crippen LogP contribution in [0.2, 0.25) is 0 Å². The summed E-state index contributed by atoms with van der Waals surface area (Å²) in [6.45, 7) is 0. The minimum atomic E-state index is -4.48. The summed E-state index contributed by atoms with van der Waals surface area (Å²) in [6, 6.07) is 2.65. The molecular formula is C10H9F3N2O. The van der Waals surface area contributed by atoms with Gasteiger partial charge >= 0.3 is 6.18 Å². The first-order valence-corrected chi connectivity index (χ1v) is 4.57. The molecule has 0 spiro atoms. The van der Waals surface area contributed by atoms with Gasteiger partial charge in [-0.3, -0.25) is 4.79 Å². The van der Waals surface area contributed by atoms with Crippen molar-refractivity contribution < 1.29 is 18.0 Å². The van der Waals surface area contributed by atoms with Crippen LogP contribution in [0.15, 0.2) is 18.2 Å². The third-order valence-corrected chi connectivity index (χ3v) is 2.64. The molecule has 1 aromatic carbocycles. The summed E-state index contributed by atoms with van der Waals surface area (Å²) in [5.74, 6) is -0.522. The minimum absolute atomic E-state index is 0.132. The highest BCUT2D eigenvalue weighted by Gasteiger charge is 2.41. The zero-order valence-corrected chi connectivity index (χ0v) is 8.38. The Labute approximate surface area is 89.6 Å². The Morgan fingerprint density at radius 1 is 1.38 bits per heavy atom. The van der Waals surface area contributed by atoms with Crippen LogP contribution in [0.4, 0.5) is 18.9 Å². The molecular weight excluding hydrogens is 221 g/mol. The molecule has 0 saturated carbocycles. The molecule has 1 aliphatic heterocycles. The Bertz CT molecular complexity index is 456. The molecule has 6 heteroatoms. The van der Waals surface area contributed by atoms with Crippen molar-refractivity contribution >= 4 is 11.6 Å². The SMILES string of the molecule is CN1C(=O)[C@@H](N)c2cccc(C(F)(F)F)c21. The Balaban J connectivity index is 2.67. The smallest absolute Gasteiger partial charge is 0.316 e. The topological polar surface area (TPSA) is 46.3 Å². The highest BCUT2D eigenvalue weighted by Crippen LogP contribution is 2.43. The average molecular weight is 230 g/mol. The standard InChI is InChI=1S/C10H9F3N2O/c1-15-8-5(7(14)9(15)16)3-2-4-6(8)10(11,12)13/h2-4,7H,14H2,1H3/t7-/m0/s1. The maximum Gasteiger partial charge on any atom is 0.418 e. The van der Waals surface area contributed by atoms with Crippen LogP contribution in [0.1, 0.15) is 17.2 Å². The summed E-state index contributed by atoms with van der Waals surface area (Å²) in [5, 5.41) is 0. The molecule has 1 aromatic rings. The number of benzene rings is 1. The van der Waals surface area contributed by atoms with E-state index in [2.05, 4.69) is 0 Å². The van der Waals surface area contributed by atoms with Crippen LogP contribution < -0.4 is 10.6 Å². The number of hydrogen-bond acceptors (Lipinski definition) is 2. The fraction of sp³-hybridized carbons (Fsp3) is 0.300. The van der Waals surface area contributed by atoms with E-state index in [1.807, 2.05) is 0 Å². The summed E-state index contributed by atoms with van der Waals surface area (Å²) in [5.41, 5.74) is 4.80. The lowest BCUT2D eigenvalue weighted by Crippen LogP contribution is -2.28. The lowest BCUT2D eigenvalue weighted by molar-refractivity contribution is -0.137. The third-order valence-electron chi connectivity index (χ3n) is 2.64. The lowest BCUT2D eigenvalue weighted by atomic mass is 10.0. The minimum Gasteiger partial charge on any atom is -0.316 e. The number of carbonyl (C=O) groups excluding carboxylic acids is 1. The normalized spacial score (nSPS) is 20.2. The van der Waals surface area contributed by atoms with Gasteiger partial charge in [0.15, 0.2) is 0 Å². The van der Waals surface area contributed by atoms with Crippen LogP contribution in [-0.2, 0) is 11.0 Å². The van der Waals surface area contributed by atoms with Crippen LogP contribution >= 0.6 is 0 Å². The molecule has 0 unspecified atom stereocenters. The molecule has 0 radical (unpaired) electrons. The molecule has 0 aromatic heterocycles. The fourth-order valence-corrected chi connectivity index (χ4v) is 1.87. The fourth-order valence-electron chi connectivity index (χ4n) is 1.87. The molecule has 0 aliphatic carbocycles. The molecule has 1 amide bonds. The number of nitrogens with zero attached hydrogens (tertiary/aromatic N) is 1. The van der Waals surface area contributed by atoms with Crippen molar-refractivity contribution in [3.8, 4) is 0 Å². The molecule has 16 heavy (non-hydrogen) atoms. The van der Waals surface area contributed by atoms with Gasteiger partial charge in [0.05, 0.1) is 11.3 Å². The van der Waals surface area contributed by atoms with Crippen LogP contribution in [0.5, 0.6) is 0 Å². The molecule has 0 fully saturated rings. The summed E-state index contributed by atoms with van der Waals surface area (Å²) in [7, 11) is 1.29. The highest BCUT2D eigenvalue weighted by atomic mass is 19.4. The van der Waals surface area contributed by atoms with Gasteiger partial charge in [-0.2, -0.15) is 13.2 Å². The summed E-state index contributed by atoms with van der Waals surface area (Å²) < 4.78 is 38.1. The molecule has 0 saturated heterocycles. The number of rotatable bonds is 0. The van der Waals surface area contributed by atoms with E-state index in [1.54, 1.807) is 0 Å². The van der Waals surface area contributed by atoms with Crippen molar-refractivity contribution in [2.24, 2.45) is 5.73 Å². The van der Waals surface area contributed by atoms with E-state index in [9.17, 15) is 18.0 Å². The number of carbonyl (C=O) groups is 1. The zero-order chi connectivity index (χ0) is 12.1. The second kappa shape index (κ2) is 3.21. The average Bonchev–Trinajstić information content (AvgIpc) is 2.43. The van der Waals surface area contributed by atoms with E-state index in [-0.39, 0.29) is 11.3 Å². The van der Waals surface area contributed by atoms with E-state index >= 15 is 0 Å². The van der Waals surface area contributed by atoms with Crippen molar-refractivity contribution in [2.45, 2.75) is 12.2 Å². The van der Waals surface area contributed by atoms with Gasteiger partial charge < -0.3 is 10.6 Å². The highest BCUT2D eigenvalue weighted by molar-refractivity contribution is 6.05. The summed E-state index contributed by atoms with van der Waals surface area (Å²) in [4.78, 5) is 12.4. The summed E-state index contributed by atoms with van der Waals surface area (Å²) >= 11 is 0. The predicted octanol–water partition coefficient (Wildman–Crippen LogP) is 1.68. The van der Waals surface area contributed by atoms with Gasteiger partial charge in [-0.15, -0.1) is 0 Å². The maximum atomic E-state index is 12.7. The number of halogens is 3. The second-order valence-corrected chi connectivity index (χ2v) is 3.62. The van der Waals surface area contributed by atoms with E-state index in [4.69, 9.17) is 5.73 Å². The van der Waals surface area contributed by atoms with Crippen molar-refractivity contribution in [3.63, 3.8) is 0 Å². The number of amides is 1. The molecule has 3 nitrogen and oxygen atoms in total. The van der Waals surface area contributed by atoms with E-state index in [0.717, 1.165) is 11.0 Å². The quantitative estimate of drug-likeness (QED) is 0.737. The van der Waals surface area contributed by atoms with Gasteiger partial charge in [0, 0.05) is 12.6 Å². The van der Waals surface area contributed by atoms with Gasteiger partial charge in [0.1, 0.15) is 6.04 Å².